The molecule has 0 aliphatic rings. The zero-order chi connectivity index (χ0) is 15.1. The zero-order valence-electron chi connectivity index (χ0n) is 12.2. The fourth-order valence-electron chi connectivity index (χ4n) is 2.61. The van der Waals surface area contributed by atoms with Gasteiger partial charge in [-0.1, -0.05) is 12.1 Å². The molecular weight excluding hydrogens is 264 g/mol. The number of imidazole rings is 1. The van der Waals surface area contributed by atoms with E-state index in [1.807, 2.05) is 23.6 Å². The third kappa shape index (κ3) is 2.09. The van der Waals surface area contributed by atoms with E-state index in [0.29, 0.717) is 0 Å². The average molecular weight is 280 g/mol. The van der Waals surface area contributed by atoms with Crippen LogP contribution in [0.1, 0.15) is 27.3 Å². The van der Waals surface area contributed by atoms with Gasteiger partial charge in [0.15, 0.2) is 0 Å². The van der Waals surface area contributed by atoms with Crippen LogP contribution in [0.3, 0.4) is 0 Å². The molecule has 0 bridgehead atoms. The van der Waals surface area contributed by atoms with Crippen LogP contribution in [0.2, 0.25) is 0 Å². The van der Waals surface area contributed by atoms with Gasteiger partial charge in [-0.25, -0.2) is 9.78 Å². The first-order valence-electron chi connectivity index (χ1n) is 6.78. The molecule has 3 rings (SSSR count). The third-order valence-electron chi connectivity index (χ3n) is 3.89. The number of fused-ring (bicyclic) bond motifs is 1. The highest BCUT2D eigenvalue weighted by molar-refractivity contribution is 5.93. The van der Waals surface area contributed by atoms with Crippen LogP contribution in [0.4, 0.5) is 0 Å². The molecule has 0 fully saturated rings. The molecule has 106 valence electrons. The lowest BCUT2D eigenvalue weighted by Crippen LogP contribution is -2.02. The largest absolute Gasteiger partial charge is 0.478 e. The normalized spacial score (nSPS) is 11.0. The molecule has 0 aliphatic carbocycles. The van der Waals surface area contributed by atoms with Crippen molar-refractivity contribution >= 4 is 17.0 Å². The highest BCUT2D eigenvalue weighted by Crippen LogP contribution is 2.25. The van der Waals surface area contributed by atoms with E-state index >= 15 is 0 Å². The number of carbonyl (C=O) groups is 1. The van der Waals surface area contributed by atoms with Crippen LogP contribution in [-0.4, -0.2) is 20.6 Å². The lowest BCUT2D eigenvalue weighted by Gasteiger charge is -2.12. The van der Waals surface area contributed by atoms with Crippen molar-refractivity contribution in [1.29, 1.82) is 0 Å². The van der Waals surface area contributed by atoms with Crippen molar-refractivity contribution in [3.63, 3.8) is 0 Å². The topological polar surface area (TPSA) is 55.1 Å². The smallest absolute Gasteiger partial charge is 0.335 e. The quantitative estimate of drug-likeness (QED) is 0.779. The van der Waals surface area contributed by atoms with Crippen molar-refractivity contribution in [2.45, 2.75) is 20.8 Å². The molecule has 0 saturated carbocycles. The van der Waals surface area contributed by atoms with Gasteiger partial charge in [0.1, 0.15) is 5.82 Å². The summed E-state index contributed by atoms with van der Waals surface area (Å²) in [5.41, 5.74) is 5.30. The summed E-state index contributed by atoms with van der Waals surface area (Å²) in [5, 5.41) is 9.18. The third-order valence-corrected chi connectivity index (χ3v) is 3.89. The Bertz CT molecular complexity index is 863. The molecule has 0 atom stereocenters. The van der Waals surface area contributed by atoms with Crippen LogP contribution >= 0.6 is 0 Å². The predicted octanol–water partition coefficient (Wildman–Crippen LogP) is 3.65. The van der Waals surface area contributed by atoms with Crippen LogP contribution in [0, 0.1) is 20.8 Å². The SMILES string of the molecule is Cc1cccc(-n2c(C)nc3ccc(C(=O)O)cc32)c1C. The summed E-state index contributed by atoms with van der Waals surface area (Å²) in [6, 6.07) is 11.1. The number of carboxylic acids is 1. The minimum Gasteiger partial charge on any atom is -0.478 e. The summed E-state index contributed by atoms with van der Waals surface area (Å²) in [6.07, 6.45) is 0. The fraction of sp³-hybridized carbons (Fsp3) is 0.176. The molecular formula is C17H16N2O2. The molecule has 0 radical (unpaired) electrons. The van der Waals surface area contributed by atoms with Gasteiger partial charge in [-0.3, -0.25) is 4.57 Å². The summed E-state index contributed by atoms with van der Waals surface area (Å²) in [7, 11) is 0. The Balaban J connectivity index is 2.36. The molecule has 1 heterocycles. The summed E-state index contributed by atoms with van der Waals surface area (Å²) in [6.45, 7) is 6.06. The lowest BCUT2D eigenvalue weighted by atomic mass is 10.1. The number of hydrogen-bond donors (Lipinski definition) is 1. The van der Waals surface area contributed by atoms with E-state index in [1.54, 1.807) is 18.2 Å². The second-order valence-electron chi connectivity index (χ2n) is 5.22. The fourth-order valence-corrected chi connectivity index (χ4v) is 2.61. The minimum atomic E-state index is -0.928. The van der Waals surface area contributed by atoms with Gasteiger partial charge in [0.2, 0.25) is 0 Å². The Kier molecular flexibility index (Phi) is 3.01. The number of nitrogens with zero attached hydrogens (tertiary/aromatic N) is 2. The summed E-state index contributed by atoms with van der Waals surface area (Å²) in [5.74, 6) is -0.0792. The monoisotopic (exact) mass is 280 g/mol. The number of aromatic nitrogens is 2. The number of aromatic carboxylic acids is 1. The van der Waals surface area contributed by atoms with Gasteiger partial charge in [-0.15, -0.1) is 0 Å². The van der Waals surface area contributed by atoms with Crippen molar-refractivity contribution in [2.75, 3.05) is 0 Å². The standard InChI is InChI=1S/C17H16N2O2/c1-10-5-4-6-15(11(10)2)19-12(3)18-14-8-7-13(17(20)21)9-16(14)19/h4-9H,1-3H3,(H,20,21). The molecule has 21 heavy (non-hydrogen) atoms. The van der Waals surface area contributed by atoms with Crippen LogP contribution in [0.15, 0.2) is 36.4 Å². The van der Waals surface area contributed by atoms with E-state index in [0.717, 1.165) is 22.5 Å². The molecule has 0 unspecified atom stereocenters. The maximum atomic E-state index is 11.2. The number of carboxylic acid groups (broad SMARTS) is 1. The van der Waals surface area contributed by atoms with Crippen LogP contribution in [-0.2, 0) is 0 Å². The molecule has 0 saturated heterocycles. The Hall–Kier alpha value is -2.62. The highest BCUT2D eigenvalue weighted by atomic mass is 16.4. The van der Waals surface area contributed by atoms with Crippen molar-refractivity contribution < 1.29 is 9.90 Å². The molecule has 4 nitrogen and oxygen atoms in total. The van der Waals surface area contributed by atoms with Crippen molar-refractivity contribution in [2.24, 2.45) is 0 Å². The maximum Gasteiger partial charge on any atom is 0.335 e. The highest BCUT2D eigenvalue weighted by Gasteiger charge is 2.14. The summed E-state index contributed by atoms with van der Waals surface area (Å²) >= 11 is 0. The van der Waals surface area contributed by atoms with E-state index in [4.69, 9.17) is 0 Å². The lowest BCUT2D eigenvalue weighted by molar-refractivity contribution is 0.0697. The van der Waals surface area contributed by atoms with E-state index in [2.05, 4.69) is 24.9 Å². The zero-order valence-corrected chi connectivity index (χ0v) is 12.2. The van der Waals surface area contributed by atoms with Gasteiger partial charge in [0.05, 0.1) is 22.3 Å². The first-order valence-corrected chi connectivity index (χ1v) is 6.78. The second-order valence-corrected chi connectivity index (χ2v) is 5.22. The number of benzene rings is 2. The maximum absolute atomic E-state index is 11.2. The molecule has 2 aromatic carbocycles. The second kappa shape index (κ2) is 4.74. The Morgan fingerprint density at radius 3 is 2.62 bits per heavy atom. The Morgan fingerprint density at radius 2 is 1.90 bits per heavy atom. The number of hydrogen-bond acceptors (Lipinski definition) is 2. The van der Waals surface area contributed by atoms with Crippen LogP contribution in [0.25, 0.3) is 16.7 Å². The number of aryl methyl sites for hydroxylation is 2. The number of rotatable bonds is 2. The van der Waals surface area contributed by atoms with Gasteiger partial charge in [-0.2, -0.15) is 0 Å². The molecule has 1 N–H and O–H groups in total. The van der Waals surface area contributed by atoms with Gasteiger partial charge in [0.25, 0.3) is 0 Å². The van der Waals surface area contributed by atoms with Gasteiger partial charge < -0.3 is 5.11 Å². The molecule has 0 amide bonds. The minimum absolute atomic E-state index is 0.272. The molecule has 0 spiro atoms. The van der Waals surface area contributed by atoms with Crippen molar-refractivity contribution in [3.8, 4) is 5.69 Å². The predicted molar refractivity (Wildman–Crippen MR) is 82.2 cm³/mol. The Labute approximate surface area is 122 Å². The van der Waals surface area contributed by atoms with Gasteiger partial charge in [0, 0.05) is 0 Å². The van der Waals surface area contributed by atoms with Gasteiger partial charge in [-0.05, 0) is 56.2 Å². The molecule has 3 aromatic rings. The van der Waals surface area contributed by atoms with E-state index in [9.17, 15) is 9.90 Å². The van der Waals surface area contributed by atoms with Gasteiger partial charge >= 0.3 is 5.97 Å². The van der Waals surface area contributed by atoms with E-state index in [-0.39, 0.29) is 5.56 Å². The first-order chi connectivity index (χ1) is 9.99. The Morgan fingerprint density at radius 1 is 1.14 bits per heavy atom. The van der Waals surface area contributed by atoms with E-state index in [1.165, 1.54) is 11.1 Å². The first kappa shape index (κ1) is 13.4. The van der Waals surface area contributed by atoms with Crippen LogP contribution in [0.5, 0.6) is 0 Å². The van der Waals surface area contributed by atoms with Crippen LogP contribution < -0.4 is 0 Å². The van der Waals surface area contributed by atoms with Crippen molar-refractivity contribution in [3.05, 3.63) is 58.9 Å². The summed E-state index contributed by atoms with van der Waals surface area (Å²) in [4.78, 5) is 15.7. The summed E-state index contributed by atoms with van der Waals surface area (Å²) < 4.78 is 2.02. The molecule has 4 heteroatoms. The molecule has 0 aliphatic heterocycles. The van der Waals surface area contributed by atoms with E-state index < -0.39 is 5.97 Å². The van der Waals surface area contributed by atoms with Crippen molar-refractivity contribution in [1.82, 2.24) is 9.55 Å². The average Bonchev–Trinajstić information content (AvgIpc) is 2.77. The molecule has 1 aromatic heterocycles.